The maximum absolute atomic E-state index is 13.2. The fourth-order valence-corrected chi connectivity index (χ4v) is 3.44. The van der Waals surface area contributed by atoms with Gasteiger partial charge in [0.05, 0.1) is 19.2 Å². The Bertz CT molecular complexity index is 1610. The van der Waals surface area contributed by atoms with E-state index in [0.717, 1.165) is 4.57 Å². The van der Waals surface area contributed by atoms with Crippen LogP contribution in [0.3, 0.4) is 0 Å². The van der Waals surface area contributed by atoms with Crippen molar-refractivity contribution in [3.8, 4) is 11.5 Å². The van der Waals surface area contributed by atoms with E-state index in [-0.39, 0.29) is 30.3 Å². The Morgan fingerprint density at radius 3 is 2.38 bits per heavy atom. The molecule has 2 heterocycles. The number of carbonyl (C=O) groups is 1. The predicted molar refractivity (Wildman–Crippen MR) is 135 cm³/mol. The minimum Gasteiger partial charge on any atom is -0.481 e. The number of hydrogen-bond acceptors (Lipinski definition) is 8. The number of aliphatic carboxylic acids is 1. The quantitative estimate of drug-likeness (QED) is 0.336. The molecule has 0 fully saturated rings. The summed E-state index contributed by atoms with van der Waals surface area (Å²) in [7, 11) is 1.53. The number of hydrogen-bond donors (Lipinski definition) is 2. The number of rotatable bonds is 9. The molecule has 0 aliphatic carbocycles. The Morgan fingerprint density at radius 2 is 1.73 bits per heavy atom. The lowest BCUT2D eigenvalue weighted by Gasteiger charge is -2.16. The van der Waals surface area contributed by atoms with Crippen LogP contribution in [0.4, 0.5) is 11.6 Å². The SMILES string of the molecule is Cn1ncc(Oc2ccc(Nc3nc(=O)n(CCC(=O)O)c(=O)n3Cc3ccc(Cl)cc3)cc2)cc1=O. The lowest BCUT2D eigenvalue weighted by Crippen LogP contribution is -2.43. The van der Waals surface area contributed by atoms with Gasteiger partial charge in [0.15, 0.2) is 5.75 Å². The van der Waals surface area contributed by atoms with Crippen LogP contribution in [0.15, 0.2) is 75.2 Å². The summed E-state index contributed by atoms with van der Waals surface area (Å²) < 4.78 is 8.84. The van der Waals surface area contributed by atoms with Crippen LogP contribution < -0.4 is 27.0 Å². The topological polar surface area (TPSA) is 150 Å². The second-order valence-corrected chi connectivity index (χ2v) is 8.35. The second kappa shape index (κ2) is 10.9. The minimum atomic E-state index is -1.15. The zero-order valence-corrected chi connectivity index (χ0v) is 20.3. The summed E-state index contributed by atoms with van der Waals surface area (Å²) in [6.45, 7) is -0.264. The van der Waals surface area contributed by atoms with E-state index >= 15 is 0 Å². The molecule has 0 aliphatic rings. The molecular weight excluding hydrogens is 504 g/mol. The first-order valence-corrected chi connectivity index (χ1v) is 11.3. The molecule has 0 spiro atoms. The number of benzene rings is 2. The van der Waals surface area contributed by atoms with Crippen LogP contribution in [-0.4, -0.2) is 35.0 Å². The summed E-state index contributed by atoms with van der Waals surface area (Å²) in [5, 5.41) is 16.4. The third-order valence-electron chi connectivity index (χ3n) is 5.24. The summed E-state index contributed by atoms with van der Waals surface area (Å²) in [5.74, 6) is -0.476. The van der Waals surface area contributed by atoms with Crippen molar-refractivity contribution in [3.05, 3.63) is 103 Å². The van der Waals surface area contributed by atoms with E-state index in [2.05, 4.69) is 15.4 Å². The molecule has 2 aromatic heterocycles. The molecule has 0 bridgehead atoms. The number of nitrogens with one attached hydrogen (secondary N) is 1. The van der Waals surface area contributed by atoms with Gasteiger partial charge in [0, 0.05) is 30.4 Å². The summed E-state index contributed by atoms with van der Waals surface area (Å²) in [6, 6.07) is 14.6. The normalized spacial score (nSPS) is 10.8. The van der Waals surface area contributed by atoms with Gasteiger partial charge >= 0.3 is 17.3 Å². The van der Waals surface area contributed by atoms with Gasteiger partial charge in [0.2, 0.25) is 5.95 Å². The molecular formula is C24H21ClN6O6. The first-order chi connectivity index (χ1) is 17.7. The molecule has 0 aliphatic heterocycles. The number of ether oxygens (including phenoxy) is 1. The van der Waals surface area contributed by atoms with Crippen molar-refractivity contribution in [1.29, 1.82) is 0 Å². The average Bonchev–Trinajstić information content (AvgIpc) is 2.86. The smallest absolute Gasteiger partial charge is 0.354 e. The van der Waals surface area contributed by atoms with Gasteiger partial charge in [-0.05, 0) is 42.0 Å². The van der Waals surface area contributed by atoms with Crippen molar-refractivity contribution in [2.24, 2.45) is 7.05 Å². The zero-order valence-electron chi connectivity index (χ0n) is 19.5. The number of carboxylic acid groups (broad SMARTS) is 1. The third kappa shape index (κ3) is 6.30. The highest BCUT2D eigenvalue weighted by Crippen LogP contribution is 2.23. The Morgan fingerprint density at radius 1 is 1.03 bits per heavy atom. The van der Waals surface area contributed by atoms with E-state index in [9.17, 15) is 19.2 Å². The number of halogens is 1. The third-order valence-corrected chi connectivity index (χ3v) is 5.49. The Balaban J connectivity index is 1.63. The van der Waals surface area contributed by atoms with E-state index in [1.165, 1.54) is 28.6 Å². The van der Waals surface area contributed by atoms with Gasteiger partial charge in [-0.15, -0.1) is 0 Å². The Labute approximate surface area is 214 Å². The number of aryl methyl sites for hydroxylation is 1. The summed E-state index contributed by atoms with van der Waals surface area (Å²) in [5.41, 5.74) is -0.699. The van der Waals surface area contributed by atoms with Crippen molar-refractivity contribution in [3.63, 3.8) is 0 Å². The molecule has 2 aromatic carbocycles. The molecule has 37 heavy (non-hydrogen) atoms. The molecule has 0 unspecified atom stereocenters. The van der Waals surface area contributed by atoms with Gasteiger partial charge in [0.1, 0.15) is 5.75 Å². The van der Waals surface area contributed by atoms with Crippen molar-refractivity contribution >= 4 is 29.2 Å². The fourth-order valence-electron chi connectivity index (χ4n) is 3.32. The molecule has 0 amide bonds. The largest absolute Gasteiger partial charge is 0.481 e. The molecule has 0 saturated carbocycles. The fraction of sp³-hybridized carbons (Fsp3) is 0.167. The molecule has 4 aromatic rings. The van der Waals surface area contributed by atoms with Gasteiger partial charge in [0.25, 0.3) is 5.56 Å². The van der Waals surface area contributed by atoms with Crippen LogP contribution in [0.25, 0.3) is 0 Å². The lowest BCUT2D eigenvalue weighted by atomic mass is 10.2. The molecule has 0 atom stereocenters. The summed E-state index contributed by atoms with van der Waals surface area (Å²) >= 11 is 5.96. The van der Waals surface area contributed by atoms with E-state index in [1.807, 2.05) is 0 Å². The van der Waals surface area contributed by atoms with Crippen molar-refractivity contribution in [2.75, 3.05) is 5.32 Å². The standard InChI is InChI=1S/C24H21ClN6O6/c1-29-20(32)12-19(13-26-29)37-18-8-6-17(7-9-18)27-22-28-23(35)30(11-10-21(33)34)24(36)31(22)14-15-2-4-16(25)5-3-15/h2-9,12-13H,10-11,14H2,1H3,(H,33,34)(H,27,28,35). The highest BCUT2D eigenvalue weighted by atomic mass is 35.5. The van der Waals surface area contributed by atoms with E-state index in [1.54, 1.807) is 48.5 Å². The molecule has 2 N–H and O–H groups in total. The Kier molecular flexibility index (Phi) is 7.49. The number of nitrogens with zero attached hydrogens (tertiary/aromatic N) is 5. The number of aromatic nitrogens is 5. The lowest BCUT2D eigenvalue weighted by molar-refractivity contribution is -0.137. The molecule has 4 rings (SSSR count). The van der Waals surface area contributed by atoms with Crippen LogP contribution >= 0.6 is 11.6 Å². The zero-order chi connectivity index (χ0) is 26.5. The summed E-state index contributed by atoms with van der Waals surface area (Å²) in [4.78, 5) is 52.4. The van der Waals surface area contributed by atoms with Crippen LogP contribution in [0.5, 0.6) is 11.5 Å². The first kappa shape index (κ1) is 25.4. The predicted octanol–water partition coefficient (Wildman–Crippen LogP) is 2.21. The van der Waals surface area contributed by atoms with E-state index < -0.39 is 23.8 Å². The van der Waals surface area contributed by atoms with Crippen LogP contribution in [-0.2, 0) is 24.9 Å². The van der Waals surface area contributed by atoms with Crippen LogP contribution in [0.2, 0.25) is 5.02 Å². The molecule has 190 valence electrons. The average molecular weight is 525 g/mol. The molecule has 0 saturated heterocycles. The maximum atomic E-state index is 13.2. The van der Waals surface area contributed by atoms with Crippen LogP contribution in [0, 0.1) is 0 Å². The van der Waals surface area contributed by atoms with Crippen molar-refractivity contribution in [2.45, 2.75) is 19.5 Å². The monoisotopic (exact) mass is 524 g/mol. The van der Waals surface area contributed by atoms with Crippen molar-refractivity contribution < 1.29 is 14.6 Å². The van der Waals surface area contributed by atoms with Crippen LogP contribution in [0.1, 0.15) is 12.0 Å². The maximum Gasteiger partial charge on any atom is 0.354 e. The van der Waals surface area contributed by atoms with Crippen molar-refractivity contribution in [1.82, 2.24) is 23.9 Å². The highest BCUT2D eigenvalue weighted by Gasteiger charge is 2.15. The van der Waals surface area contributed by atoms with Gasteiger partial charge in [-0.1, -0.05) is 23.7 Å². The number of anilines is 2. The highest BCUT2D eigenvalue weighted by molar-refractivity contribution is 6.30. The molecule has 13 heteroatoms. The molecule has 0 radical (unpaired) electrons. The van der Waals surface area contributed by atoms with E-state index in [0.29, 0.717) is 22.0 Å². The number of carboxylic acids is 1. The molecule has 12 nitrogen and oxygen atoms in total. The first-order valence-electron chi connectivity index (χ1n) is 11.0. The summed E-state index contributed by atoms with van der Waals surface area (Å²) in [6.07, 6.45) is 1.00. The van der Waals surface area contributed by atoms with Gasteiger partial charge < -0.3 is 15.2 Å². The second-order valence-electron chi connectivity index (χ2n) is 7.91. The minimum absolute atomic E-state index is 0.0269. The van der Waals surface area contributed by atoms with E-state index in [4.69, 9.17) is 21.4 Å². The van der Waals surface area contributed by atoms with Gasteiger partial charge in [-0.25, -0.2) is 18.8 Å². The Hall–Kier alpha value is -4.71. The van der Waals surface area contributed by atoms with Gasteiger partial charge in [-0.2, -0.15) is 10.1 Å². The van der Waals surface area contributed by atoms with Gasteiger partial charge in [-0.3, -0.25) is 14.2 Å².